The van der Waals surface area contributed by atoms with Gasteiger partial charge in [-0.15, -0.1) is 6.58 Å². The van der Waals surface area contributed by atoms with Crippen LogP contribution in [0.4, 0.5) is 0 Å². The summed E-state index contributed by atoms with van der Waals surface area (Å²) in [6.07, 6.45) is 6.87. The molecule has 1 aliphatic rings. The number of hydrogen-bond acceptors (Lipinski definition) is 1. The van der Waals surface area contributed by atoms with Crippen LogP contribution in [0.5, 0.6) is 0 Å². The minimum absolute atomic E-state index is 0.864. The van der Waals surface area contributed by atoms with Gasteiger partial charge in [-0.1, -0.05) is 12.2 Å². The van der Waals surface area contributed by atoms with Gasteiger partial charge in [0.2, 0.25) is 0 Å². The van der Waals surface area contributed by atoms with Crippen molar-refractivity contribution in [1.82, 2.24) is 0 Å². The zero-order valence-corrected chi connectivity index (χ0v) is 4.80. The van der Waals surface area contributed by atoms with E-state index in [1.165, 1.54) is 5.57 Å². The Labute approximate surface area is 49.4 Å². The van der Waals surface area contributed by atoms with Gasteiger partial charge in [-0.3, -0.25) is 4.99 Å². The quantitative estimate of drug-likeness (QED) is 0.475. The highest BCUT2D eigenvalue weighted by molar-refractivity contribution is 5.81. The first kappa shape index (κ1) is 5.29. The monoisotopic (exact) mass is 107 g/mol. The third-order valence-corrected chi connectivity index (χ3v) is 1.10. The second kappa shape index (κ2) is 2.46. The fraction of sp³-hybridized carbons (Fsp3) is 0.286. The Balaban J connectivity index is 2.45. The van der Waals surface area contributed by atoms with Crippen LogP contribution in [-0.4, -0.2) is 12.8 Å². The lowest BCUT2D eigenvalue weighted by molar-refractivity contribution is 1.28. The normalized spacial score (nSPS) is 16.2. The second-order valence-corrected chi connectivity index (χ2v) is 1.77. The first-order chi connectivity index (χ1) is 3.93. The van der Waals surface area contributed by atoms with Crippen molar-refractivity contribution in [3.8, 4) is 0 Å². The van der Waals surface area contributed by atoms with Gasteiger partial charge in [0.05, 0.1) is 6.54 Å². The molecule has 0 aromatic carbocycles. The highest BCUT2D eigenvalue weighted by Gasteiger charge is 1.92. The van der Waals surface area contributed by atoms with Crippen LogP contribution in [0.15, 0.2) is 29.3 Å². The first-order valence-electron chi connectivity index (χ1n) is 2.73. The topological polar surface area (TPSA) is 12.4 Å². The summed E-state index contributed by atoms with van der Waals surface area (Å²) in [6, 6.07) is 0. The molecule has 1 heterocycles. The van der Waals surface area contributed by atoms with Crippen LogP contribution in [0, 0.1) is 0 Å². The smallest absolute Gasteiger partial charge is 0.0576 e. The summed E-state index contributed by atoms with van der Waals surface area (Å²) in [5, 5.41) is 0. The molecule has 0 aliphatic carbocycles. The molecule has 1 heteroatoms. The van der Waals surface area contributed by atoms with Gasteiger partial charge < -0.3 is 0 Å². The fourth-order valence-electron chi connectivity index (χ4n) is 0.695. The molecule has 0 radical (unpaired) electrons. The summed E-state index contributed by atoms with van der Waals surface area (Å²) in [6.45, 7) is 4.49. The van der Waals surface area contributed by atoms with Crippen molar-refractivity contribution < 1.29 is 0 Å². The SMILES string of the molecule is C=CCC1=CCN=C1. The summed E-state index contributed by atoms with van der Waals surface area (Å²) in [5.74, 6) is 0. The molecule has 0 aromatic rings. The van der Waals surface area contributed by atoms with Gasteiger partial charge in [0, 0.05) is 6.21 Å². The van der Waals surface area contributed by atoms with Crippen LogP contribution in [0.2, 0.25) is 0 Å². The maximum absolute atomic E-state index is 4.02. The maximum atomic E-state index is 4.02. The highest BCUT2D eigenvalue weighted by atomic mass is 14.7. The predicted molar refractivity (Wildman–Crippen MR) is 36.3 cm³/mol. The molecule has 0 aromatic heterocycles. The van der Waals surface area contributed by atoms with E-state index in [4.69, 9.17) is 0 Å². The van der Waals surface area contributed by atoms with Gasteiger partial charge in [0.1, 0.15) is 0 Å². The third kappa shape index (κ3) is 1.06. The van der Waals surface area contributed by atoms with Crippen molar-refractivity contribution in [2.75, 3.05) is 6.54 Å². The minimum Gasteiger partial charge on any atom is -0.289 e. The third-order valence-electron chi connectivity index (χ3n) is 1.10. The summed E-state index contributed by atoms with van der Waals surface area (Å²) in [7, 11) is 0. The molecule has 0 N–H and O–H groups in total. The minimum atomic E-state index is 0.864. The van der Waals surface area contributed by atoms with Gasteiger partial charge in [0.25, 0.3) is 0 Å². The first-order valence-corrected chi connectivity index (χ1v) is 2.73. The Kier molecular flexibility index (Phi) is 1.62. The zero-order valence-electron chi connectivity index (χ0n) is 4.80. The van der Waals surface area contributed by atoms with Crippen LogP contribution in [0.25, 0.3) is 0 Å². The maximum Gasteiger partial charge on any atom is 0.0576 e. The van der Waals surface area contributed by atoms with E-state index in [0.29, 0.717) is 0 Å². The summed E-state index contributed by atoms with van der Waals surface area (Å²) < 4.78 is 0. The van der Waals surface area contributed by atoms with Crippen molar-refractivity contribution in [2.24, 2.45) is 4.99 Å². The average Bonchev–Trinajstić information content (AvgIpc) is 2.19. The molecule has 1 aliphatic heterocycles. The van der Waals surface area contributed by atoms with Crippen molar-refractivity contribution in [3.05, 3.63) is 24.3 Å². The van der Waals surface area contributed by atoms with E-state index in [9.17, 15) is 0 Å². The zero-order chi connectivity index (χ0) is 5.82. The van der Waals surface area contributed by atoms with E-state index in [-0.39, 0.29) is 0 Å². The van der Waals surface area contributed by atoms with E-state index >= 15 is 0 Å². The van der Waals surface area contributed by atoms with Gasteiger partial charge >= 0.3 is 0 Å². The molecular weight excluding hydrogens is 98.1 g/mol. The van der Waals surface area contributed by atoms with Gasteiger partial charge in [0.15, 0.2) is 0 Å². The number of allylic oxidation sites excluding steroid dienone is 2. The highest BCUT2D eigenvalue weighted by Crippen LogP contribution is 2.02. The summed E-state index contributed by atoms with van der Waals surface area (Å²) in [5.41, 5.74) is 1.29. The molecule has 0 amide bonds. The molecular formula is C7H9N. The summed E-state index contributed by atoms with van der Waals surface area (Å²) >= 11 is 0. The largest absolute Gasteiger partial charge is 0.289 e. The Morgan fingerprint density at radius 2 is 2.75 bits per heavy atom. The van der Waals surface area contributed by atoms with Crippen LogP contribution in [0.3, 0.4) is 0 Å². The van der Waals surface area contributed by atoms with Crippen LogP contribution in [0.1, 0.15) is 6.42 Å². The molecule has 0 fully saturated rings. The molecule has 0 spiro atoms. The standard InChI is InChI=1S/C7H9N/c1-2-3-7-4-5-8-6-7/h2,4,6H,1,3,5H2. The number of rotatable bonds is 2. The van der Waals surface area contributed by atoms with Crippen molar-refractivity contribution in [1.29, 1.82) is 0 Å². The molecule has 42 valence electrons. The van der Waals surface area contributed by atoms with Gasteiger partial charge in [-0.2, -0.15) is 0 Å². The van der Waals surface area contributed by atoms with E-state index in [0.717, 1.165) is 13.0 Å². The number of nitrogens with zero attached hydrogens (tertiary/aromatic N) is 1. The lowest BCUT2D eigenvalue weighted by Gasteiger charge is -1.84. The van der Waals surface area contributed by atoms with Crippen molar-refractivity contribution >= 4 is 6.21 Å². The Morgan fingerprint density at radius 3 is 3.25 bits per heavy atom. The average molecular weight is 107 g/mol. The lowest BCUT2D eigenvalue weighted by atomic mass is 10.2. The van der Waals surface area contributed by atoms with E-state index in [1.54, 1.807) is 0 Å². The Bertz CT molecular complexity index is 142. The lowest BCUT2D eigenvalue weighted by Crippen LogP contribution is -1.74. The number of hydrogen-bond donors (Lipinski definition) is 0. The van der Waals surface area contributed by atoms with Crippen LogP contribution >= 0.6 is 0 Å². The predicted octanol–water partition coefficient (Wildman–Crippen LogP) is 1.57. The summed E-state index contributed by atoms with van der Waals surface area (Å²) in [4.78, 5) is 4.02. The number of aliphatic imine (C=N–C) groups is 1. The van der Waals surface area contributed by atoms with Gasteiger partial charge in [-0.25, -0.2) is 0 Å². The van der Waals surface area contributed by atoms with Crippen LogP contribution < -0.4 is 0 Å². The molecule has 8 heavy (non-hydrogen) atoms. The molecule has 0 saturated heterocycles. The fourth-order valence-corrected chi connectivity index (χ4v) is 0.695. The van der Waals surface area contributed by atoms with Gasteiger partial charge in [-0.05, 0) is 12.0 Å². The van der Waals surface area contributed by atoms with E-state index < -0.39 is 0 Å². The Morgan fingerprint density at radius 1 is 1.88 bits per heavy atom. The van der Waals surface area contributed by atoms with Crippen LogP contribution in [-0.2, 0) is 0 Å². The molecule has 0 bridgehead atoms. The molecule has 0 atom stereocenters. The Hall–Kier alpha value is -0.850. The van der Waals surface area contributed by atoms with Crippen molar-refractivity contribution in [3.63, 3.8) is 0 Å². The van der Waals surface area contributed by atoms with Crippen molar-refractivity contribution in [2.45, 2.75) is 6.42 Å². The molecule has 1 rings (SSSR count). The second-order valence-electron chi connectivity index (χ2n) is 1.77. The molecule has 0 saturated carbocycles. The van der Waals surface area contributed by atoms with E-state index in [2.05, 4.69) is 17.6 Å². The molecule has 1 nitrogen and oxygen atoms in total. The van der Waals surface area contributed by atoms with E-state index in [1.807, 2.05) is 12.3 Å². The molecule has 0 unspecified atom stereocenters.